The maximum Gasteiger partial charge on any atom is 0.326 e. The minimum absolute atomic E-state index is 0.0671. The molecule has 1 rings (SSSR count). The van der Waals surface area contributed by atoms with Gasteiger partial charge in [-0.1, -0.05) is 0 Å². The Hall–Kier alpha value is -1.14. The Bertz CT molecular complexity index is 294. The molecular weight excluding hydrogens is 238 g/mol. The number of ether oxygens (including phenoxy) is 2. The zero-order valence-corrected chi connectivity index (χ0v) is 10.8. The predicted octanol–water partition coefficient (Wildman–Crippen LogP) is 0.407. The molecule has 0 aromatic heterocycles. The first-order valence-electron chi connectivity index (χ1n) is 6.18. The van der Waals surface area contributed by atoms with Gasteiger partial charge in [0, 0.05) is 13.7 Å². The second-order valence-corrected chi connectivity index (χ2v) is 4.61. The molecule has 1 amide bonds. The fourth-order valence-corrected chi connectivity index (χ4v) is 1.98. The highest BCUT2D eigenvalue weighted by Crippen LogP contribution is 2.19. The molecule has 104 valence electrons. The van der Waals surface area contributed by atoms with Gasteiger partial charge in [0.15, 0.2) is 0 Å². The van der Waals surface area contributed by atoms with E-state index in [9.17, 15) is 9.59 Å². The van der Waals surface area contributed by atoms with E-state index in [4.69, 9.17) is 14.6 Å². The molecule has 1 heterocycles. The lowest BCUT2D eigenvalue weighted by Gasteiger charge is -2.16. The summed E-state index contributed by atoms with van der Waals surface area (Å²) in [5.41, 5.74) is 0. The quantitative estimate of drug-likeness (QED) is 0.647. The van der Waals surface area contributed by atoms with Crippen LogP contribution in [0.1, 0.15) is 26.2 Å². The second-order valence-electron chi connectivity index (χ2n) is 4.61. The fraction of sp³-hybridized carbons (Fsp3) is 0.833. The number of aliphatic carboxylic acids is 1. The van der Waals surface area contributed by atoms with Crippen LogP contribution < -0.4 is 5.32 Å². The van der Waals surface area contributed by atoms with E-state index >= 15 is 0 Å². The minimum Gasteiger partial charge on any atom is -0.480 e. The average Bonchev–Trinajstić information content (AvgIpc) is 2.74. The number of rotatable bonds is 7. The highest BCUT2D eigenvalue weighted by atomic mass is 16.5. The third-order valence-corrected chi connectivity index (χ3v) is 3.03. The van der Waals surface area contributed by atoms with Crippen molar-refractivity contribution in [3.8, 4) is 0 Å². The Morgan fingerprint density at radius 1 is 1.56 bits per heavy atom. The van der Waals surface area contributed by atoms with Crippen LogP contribution >= 0.6 is 0 Å². The second kappa shape index (κ2) is 7.33. The molecule has 0 bridgehead atoms. The van der Waals surface area contributed by atoms with E-state index in [0.29, 0.717) is 32.5 Å². The summed E-state index contributed by atoms with van der Waals surface area (Å²) in [6.45, 7) is 2.77. The van der Waals surface area contributed by atoms with Crippen molar-refractivity contribution in [3.05, 3.63) is 0 Å². The summed E-state index contributed by atoms with van der Waals surface area (Å²) >= 11 is 0. The van der Waals surface area contributed by atoms with Crippen LogP contribution in [0.4, 0.5) is 0 Å². The maximum atomic E-state index is 11.9. The molecule has 0 radical (unpaired) electrons. The van der Waals surface area contributed by atoms with Crippen molar-refractivity contribution in [2.45, 2.75) is 38.3 Å². The smallest absolute Gasteiger partial charge is 0.326 e. The zero-order chi connectivity index (χ0) is 13.5. The van der Waals surface area contributed by atoms with Crippen molar-refractivity contribution in [1.82, 2.24) is 5.32 Å². The predicted molar refractivity (Wildman–Crippen MR) is 64.2 cm³/mol. The van der Waals surface area contributed by atoms with Crippen molar-refractivity contribution in [2.24, 2.45) is 5.92 Å². The summed E-state index contributed by atoms with van der Waals surface area (Å²) in [6, 6.07) is -0.844. The molecule has 3 unspecified atom stereocenters. The molecule has 1 aliphatic heterocycles. The molecule has 6 nitrogen and oxygen atoms in total. The molecule has 6 heteroatoms. The topological polar surface area (TPSA) is 84.9 Å². The van der Waals surface area contributed by atoms with Gasteiger partial charge in [-0.2, -0.15) is 0 Å². The number of amides is 1. The van der Waals surface area contributed by atoms with Crippen LogP contribution in [0.15, 0.2) is 0 Å². The Kier molecular flexibility index (Phi) is 6.07. The number of carboxylic acid groups (broad SMARTS) is 1. The van der Waals surface area contributed by atoms with Gasteiger partial charge in [0.25, 0.3) is 0 Å². The lowest BCUT2D eigenvalue weighted by Crippen LogP contribution is -2.44. The van der Waals surface area contributed by atoms with Crippen molar-refractivity contribution < 1.29 is 24.2 Å². The van der Waals surface area contributed by atoms with Gasteiger partial charge in [-0.05, 0) is 26.2 Å². The first-order valence-corrected chi connectivity index (χ1v) is 6.18. The molecule has 1 saturated heterocycles. The maximum absolute atomic E-state index is 11.9. The van der Waals surface area contributed by atoms with Gasteiger partial charge in [-0.15, -0.1) is 0 Å². The molecular formula is C12H21NO5. The average molecular weight is 259 g/mol. The van der Waals surface area contributed by atoms with Gasteiger partial charge in [-0.3, -0.25) is 4.79 Å². The van der Waals surface area contributed by atoms with Crippen LogP contribution in [0.5, 0.6) is 0 Å². The van der Waals surface area contributed by atoms with Gasteiger partial charge in [0.05, 0.1) is 18.6 Å². The van der Waals surface area contributed by atoms with Gasteiger partial charge < -0.3 is 19.9 Å². The molecule has 18 heavy (non-hydrogen) atoms. The molecule has 0 aliphatic carbocycles. The highest BCUT2D eigenvalue weighted by Gasteiger charge is 2.30. The molecule has 1 aliphatic rings. The van der Waals surface area contributed by atoms with E-state index in [1.54, 1.807) is 7.11 Å². The van der Waals surface area contributed by atoms with E-state index in [2.05, 4.69) is 5.32 Å². The Morgan fingerprint density at radius 2 is 2.28 bits per heavy atom. The fourth-order valence-electron chi connectivity index (χ4n) is 1.98. The van der Waals surface area contributed by atoms with E-state index in [0.717, 1.165) is 0 Å². The van der Waals surface area contributed by atoms with Gasteiger partial charge in [-0.25, -0.2) is 4.79 Å². The zero-order valence-electron chi connectivity index (χ0n) is 10.8. The van der Waals surface area contributed by atoms with Crippen LogP contribution in [0, 0.1) is 5.92 Å². The molecule has 0 aromatic rings. The number of hydrogen-bond acceptors (Lipinski definition) is 4. The first kappa shape index (κ1) is 14.9. The van der Waals surface area contributed by atoms with Crippen molar-refractivity contribution >= 4 is 11.9 Å². The standard InChI is InChI=1S/C12H21NO5/c1-8-6-9(7-18-8)11(14)13-10(12(15)16)4-3-5-17-2/h8-10H,3-7H2,1-2H3,(H,13,14)(H,15,16). The Balaban J connectivity index is 2.40. The summed E-state index contributed by atoms with van der Waals surface area (Å²) in [4.78, 5) is 22.9. The van der Waals surface area contributed by atoms with Gasteiger partial charge >= 0.3 is 5.97 Å². The third-order valence-electron chi connectivity index (χ3n) is 3.03. The summed E-state index contributed by atoms with van der Waals surface area (Å²) in [5, 5.41) is 11.6. The third kappa shape index (κ3) is 4.62. The molecule has 1 fully saturated rings. The van der Waals surface area contributed by atoms with Crippen LogP contribution in [0.25, 0.3) is 0 Å². The van der Waals surface area contributed by atoms with Crippen LogP contribution in [0.2, 0.25) is 0 Å². The number of carboxylic acids is 1. The van der Waals surface area contributed by atoms with Crippen LogP contribution in [-0.4, -0.2) is 49.5 Å². The molecule has 3 atom stereocenters. The van der Waals surface area contributed by atoms with Crippen molar-refractivity contribution in [1.29, 1.82) is 0 Å². The monoisotopic (exact) mass is 259 g/mol. The van der Waals surface area contributed by atoms with E-state index in [1.807, 2.05) is 6.92 Å². The summed E-state index contributed by atoms with van der Waals surface area (Å²) in [7, 11) is 1.56. The normalized spacial score (nSPS) is 24.8. The number of carbonyl (C=O) groups excluding carboxylic acids is 1. The molecule has 2 N–H and O–H groups in total. The van der Waals surface area contributed by atoms with E-state index < -0.39 is 12.0 Å². The lowest BCUT2D eigenvalue weighted by atomic mass is 10.0. The number of methoxy groups -OCH3 is 1. The summed E-state index contributed by atoms with van der Waals surface area (Å²) in [5.74, 6) is -1.47. The largest absolute Gasteiger partial charge is 0.480 e. The van der Waals surface area contributed by atoms with Crippen LogP contribution in [0.3, 0.4) is 0 Å². The van der Waals surface area contributed by atoms with Gasteiger partial charge in [0.1, 0.15) is 6.04 Å². The highest BCUT2D eigenvalue weighted by molar-refractivity contribution is 5.85. The Labute approximate surface area is 107 Å². The molecule has 0 saturated carbocycles. The first-order chi connectivity index (χ1) is 8.54. The van der Waals surface area contributed by atoms with E-state index in [-0.39, 0.29) is 17.9 Å². The van der Waals surface area contributed by atoms with Gasteiger partial charge in [0.2, 0.25) is 5.91 Å². The lowest BCUT2D eigenvalue weighted by molar-refractivity contribution is -0.142. The summed E-state index contributed by atoms with van der Waals surface area (Å²) in [6.07, 6.45) is 1.69. The Morgan fingerprint density at radius 3 is 2.78 bits per heavy atom. The van der Waals surface area contributed by atoms with E-state index in [1.165, 1.54) is 0 Å². The minimum atomic E-state index is -1.01. The molecule has 0 spiro atoms. The number of carbonyl (C=O) groups is 2. The van der Waals surface area contributed by atoms with Crippen molar-refractivity contribution in [3.63, 3.8) is 0 Å². The number of hydrogen-bond donors (Lipinski definition) is 2. The van der Waals surface area contributed by atoms with Crippen molar-refractivity contribution in [2.75, 3.05) is 20.3 Å². The molecule has 0 aromatic carbocycles. The SMILES string of the molecule is COCCCC(NC(=O)C1COC(C)C1)C(=O)O. The van der Waals surface area contributed by atoms with Crippen LogP contribution in [-0.2, 0) is 19.1 Å². The summed E-state index contributed by atoms with van der Waals surface area (Å²) < 4.78 is 10.2. The number of nitrogens with one attached hydrogen (secondary N) is 1.